The number of amides is 2. The number of carbonyl (C=O) groups is 3. The number of ether oxygens (including phenoxy) is 1. The summed E-state index contributed by atoms with van der Waals surface area (Å²) in [4.78, 5) is 38.1. The van der Waals surface area contributed by atoms with Crippen molar-refractivity contribution in [3.63, 3.8) is 0 Å². The number of nitrogens with zero attached hydrogens (tertiary/aromatic N) is 1. The minimum Gasteiger partial charge on any atom is -0.456 e. The second kappa shape index (κ2) is 8.73. The minimum atomic E-state index is -0.488. The molecule has 0 bridgehead atoms. The van der Waals surface area contributed by atoms with Crippen LogP contribution in [0.25, 0.3) is 0 Å². The van der Waals surface area contributed by atoms with Crippen molar-refractivity contribution in [3.8, 4) is 0 Å². The van der Waals surface area contributed by atoms with E-state index in [1.807, 2.05) is 38.1 Å². The lowest BCUT2D eigenvalue weighted by Gasteiger charge is -2.28. The fourth-order valence-electron chi connectivity index (χ4n) is 2.24. The van der Waals surface area contributed by atoms with Crippen molar-refractivity contribution >= 4 is 35.2 Å². The Hall–Kier alpha value is -2.02. The highest BCUT2D eigenvalue weighted by atomic mass is 32.2. The average molecular weight is 350 g/mol. The highest BCUT2D eigenvalue weighted by molar-refractivity contribution is 8.00. The number of benzene rings is 1. The molecular formula is C17H22N2O4S. The van der Waals surface area contributed by atoms with Crippen molar-refractivity contribution in [2.75, 3.05) is 23.8 Å². The Morgan fingerprint density at radius 3 is 2.88 bits per heavy atom. The molecule has 1 N–H and O–H groups in total. The van der Waals surface area contributed by atoms with E-state index in [4.69, 9.17) is 4.74 Å². The standard InChI is InChI=1S/C17H22N2O4S/c1-3-12(2)18-15(20)10-23-17(22)8-9-19-13-6-4-5-7-14(13)24-11-16(19)21/h4-7,12H,3,8-11H2,1-2H3,(H,18,20)/t12-/m0/s1. The van der Waals surface area contributed by atoms with Gasteiger partial charge in [-0.15, -0.1) is 11.8 Å². The molecule has 1 heterocycles. The van der Waals surface area contributed by atoms with Gasteiger partial charge in [-0.25, -0.2) is 0 Å². The molecule has 0 saturated heterocycles. The Kier molecular flexibility index (Phi) is 6.66. The highest BCUT2D eigenvalue weighted by Gasteiger charge is 2.24. The number of hydrogen-bond donors (Lipinski definition) is 1. The molecule has 0 unspecified atom stereocenters. The van der Waals surface area contributed by atoms with Crippen LogP contribution in [-0.2, 0) is 19.1 Å². The summed E-state index contributed by atoms with van der Waals surface area (Å²) in [7, 11) is 0. The van der Waals surface area contributed by atoms with Gasteiger partial charge in [0.25, 0.3) is 5.91 Å². The number of esters is 1. The molecule has 7 heteroatoms. The molecule has 1 aromatic rings. The lowest BCUT2D eigenvalue weighted by Crippen LogP contribution is -2.38. The van der Waals surface area contributed by atoms with Crippen molar-refractivity contribution in [1.82, 2.24) is 5.32 Å². The first kappa shape index (κ1) is 18.3. The van der Waals surface area contributed by atoms with Crippen LogP contribution in [-0.4, -0.2) is 42.7 Å². The van der Waals surface area contributed by atoms with E-state index in [2.05, 4.69) is 5.32 Å². The Balaban J connectivity index is 1.82. The second-order valence-corrected chi connectivity index (χ2v) is 6.61. The quantitative estimate of drug-likeness (QED) is 0.761. The molecule has 0 fully saturated rings. The SMILES string of the molecule is CC[C@H](C)NC(=O)COC(=O)CCN1C(=O)CSc2ccccc21. The molecule has 1 aliphatic rings. The maximum atomic E-state index is 12.1. The van der Waals surface area contributed by atoms with Crippen LogP contribution in [0.3, 0.4) is 0 Å². The van der Waals surface area contributed by atoms with Gasteiger partial charge in [0.05, 0.1) is 17.9 Å². The van der Waals surface area contributed by atoms with Crippen molar-refractivity contribution < 1.29 is 19.1 Å². The fourth-order valence-corrected chi connectivity index (χ4v) is 3.17. The third-order valence-electron chi connectivity index (χ3n) is 3.73. The number of anilines is 1. The van der Waals surface area contributed by atoms with E-state index < -0.39 is 5.97 Å². The van der Waals surface area contributed by atoms with E-state index >= 15 is 0 Å². The van der Waals surface area contributed by atoms with Crippen LogP contribution in [0.1, 0.15) is 26.7 Å². The van der Waals surface area contributed by atoms with E-state index in [0.717, 1.165) is 17.0 Å². The molecular weight excluding hydrogens is 328 g/mol. The zero-order chi connectivity index (χ0) is 17.5. The van der Waals surface area contributed by atoms with Crippen LogP contribution in [0, 0.1) is 0 Å². The minimum absolute atomic E-state index is 0.0268. The van der Waals surface area contributed by atoms with Gasteiger partial charge >= 0.3 is 5.97 Å². The van der Waals surface area contributed by atoms with Crippen LogP contribution < -0.4 is 10.2 Å². The summed E-state index contributed by atoms with van der Waals surface area (Å²) in [5, 5.41) is 2.73. The Morgan fingerprint density at radius 1 is 1.38 bits per heavy atom. The summed E-state index contributed by atoms with van der Waals surface area (Å²) >= 11 is 1.50. The van der Waals surface area contributed by atoms with Crippen LogP contribution >= 0.6 is 11.8 Å². The maximum Gasteiger partial charge on any atom is 0.308 e. The number of nitrogens with one attached hydrogen (secondary N) is 1. The number of rotatable bonds is 7. The number of carbonyl (C=O) groups excluding carboxylic acids is 3. The molecule has 24 heavy (non-hydrogen) atoms. The highest BCUT2D eigenvalue weighted by Crippen LogP contribution is 2.34. The molecule has 0 radical (unpaired) electrons. The smallest absolute Gasteiger partial charge is 0.308 e. The molecule has 1 atom stereocenters. The Bertz CT molecular complexity index is 620. The van der Waals surface area contributed by atoms with Gasteiger partial charge in [0.2, 0.25) is 5.91 Å². The van der Waals surface area contributed by atoms with Crippen molar-refractivity contribution in [3.05, 3.63) is 24.3 Å². The van der Waals surface area contributed by atoms with E-state index in [-0.39, 0.29) is 37.4 Å². The normalized spacial score (nSPS) is 14.8. The van der Waals surface area contributed by atoms with Crippen molar-refractivity contribution in [1.29, 1.82) is 0 Å². The Morgan fingerprint density at radius 2 is 2.12 bits per heavy atom. The molecule has 0 spiro atoms. The molecule has 6 nitrogen and oxygen atoms in total. The van der Waals surface area contributed by atoms with Gasteiger partial charge in [-0.3, -0.25) is 14.4 Å². The van der Waals surface area contributed by atoms with Gasteiger partial charge < -0.3 is 15.0 Å². The fraction of sp³-hybridized carbons (Fsp3) is 0.471. The molecule has 130 valence electrons. The van der Waals surface area contributed by atoms with Crippen LogP contribution in [0.4, 0.5) is 5.69 Å². The zero-order valence-corrected chi connectivity index (χ0v) is 14.7. The van der Waals surface area contributed by atoms with Gasteiger partial charge in [0, 0.05) is 17.5 Å². The number of para-hydroxylation sites is 1. The lowest BCUT2D eigenvalue weighted by molar-refractivity contribution is -0.148. The zero-order valence-electron chi connectivity index (χ0n) is 13.9. The number of fused-ring (bicyclic) bond motifs is 1. The Labute approximate surface area is 145 Å². The van der Waals surface area contributed by atoms with Gasteiger partial charge in [0.1, 0.15) is 0 Å². The van der Waals surface area contributed by atoms with Crippen LogP contribution in [0.2, 0.25) is 0 Å². The summed E-state index contributed by atoms with van der Waals surface area (Å²) in [6.07, 6.45) is 0.871. The lowest BCUT2D eigenvalue weighted by atomic mass is 10.2. The summed E-state index contributed by atoms with van der Waals surface area (Å²) in [6.45, 7) is 3.81. The molecule has 0 aliphatic carbocycles. The summed E-state index contributed by atoms with van der Waals surface area (Å²) in [5.74, 6) is -0.462. The van der Waals surface area contributed by atoms with Gasteiger partial charge in [-0.05, 0) is 25.5 Å². The predicted octanol–water partition coefficient (Wildman–Crippen LogP) is 1.97. The molecule has 0 saturated carbocycles. The molecule has 2 amide bonds. The monoisotopic (exact) mass is 350 g/mol. The topological polar surface area (TPSA) is 75.7 Å². The molecule has 1 aliphatic heterocycles. The van der Waals surface area contributed by atoms with Crippen LogP contribution in [0.15, 0.2) is 29.2 Å². The predicted molar refractivity (Wildman–Crippen MR) is 93.0 cm³/mol. The van der Waals surface area contributed by atoms with Gasteiger partial charge in [-0.2, -0.15) is 0 Å². The van der Waals surface area contributed by atoms with Gasteiger partial charge in [-0.1, -0.05) is 19.1 Å². The molecule has 1 aromatic carbocycles. The maximum absolute atomic E-state index is 12.1. The summed E-state index contributed by atoms with van der Waals surface area (Å²) in [5.41, 5.74) is 0.820. The first-order valence-corrected chi connectivity index (χ1v) is 8.97. The first-order chi connectivity index (χ1) is 11.5. The van der Waals surface area contributed by atoms with Crippen molar-refractivity contribution in [2.45, 2.75) is 37.6 Å². The number of hydrogen-bond acceptors (Lipinski definition) is 5. The number of thioether (sulfide) groups is 1. The molecule has 0 aromatic heterocycles. The van der Waals surface area contributed by atoms with E-state index in [0.29, 0.717) is 5.75 Å². The third kappa shape index (κ3) is 4.99. The average Bonchev–Trinajstić information content (AvgIpc) is 2.59. The van der Waals surface area contributed by atoms with Crippen LogP contribution in [0.5, 0.6) is 0 Å². The second-order valence-electron chi connectivity index (χ2n) is 5.59. The van der Waals surface area contributed by atoms with E-state index in [9.17, 15) is 14.4 Å². The molecule has 2 rings (SSSR count). The summed E-state index contributed by atoms with van der Waals surface area (Å²) in [6, 6.07) is 7.66. The summed E-state index contributed by atoms with van der Waals surface area (Å²) < 4.78 is 4.97. The van der Waals surface area contributed by atoms with E-state index in [1.54, 1.807) is 4.90 Å². The first-order valence-electron chi connectivity index (χ1n) is 7.98. The van der Waals surface area contributed by atoms with E-state index in [1.165, 1.54) is 11.8 Å². The largest absolute Gasteiger partial charge is 0.456 e. The third-order valence-corrected chi connectivity index (χ3v) is 4.78. The van der Waals surface area contributed by atoms with Crippen molar-refractivity contribution in [2.24, 2.45) is 0 Å². The van der Waals surface area contributed by atoms with Gasteiger partial charge in [0.15, 0.2) is 6.61 Å².